The van der Waals surface area contributed by atoms with Crippen LogP contribution in [0.2, 0.25) is 0 Å². The van der Waals surface area contributed by atoms with Gasteiger partial charge in [-0.15, -0.1) is 0 Å². The minimum absolute atomic E-state index is 0.0104. The monoisotopic (exact) mass is 727 g/mol. The third-order valence-electron chi connectivity index (χ3n) is 8.86. The minimum Gasteiger partial charge on any atom is -0.491 e. The zero-order valence-electron chi connectivity index (χ0n) is 30.9. The van der Waals surface area contributed by atoms with E-state index in [9.17, 15) is 29.5 Å². The van der Waals surface area contributed by atoms with Crippen molar-refractivity contribution in [1.82, 2.24) is 4.57 Å². The first-order valence-electron chi connectivity index (χ1n) is 17.6. The summed E-state index contributed by atoms with van der Waals surface area (Å²) < 4.78 is 25.8. The van der Waals surface area contributed by atoms with E-state index in [1.54, 1.807) is 41.3 Å². The molecule has 3 aromatic rings. The maximum atomic E-state index is 13.5. The highest BCUT2D eigenvalue weighted by atomic mass is 16.5. The molecule has 13 heteroatoms. The number of anilines is 1. The summed E-state index contributed by atoms with van der Waals surface area (Å²) in [4.78, 5) is 51.3. The Balaban J connectivity index is 1.94. The lowest BCUT2D eigenvalue weighted by Crippen LogP contribution is -2.38. The van der Waals surface area contributed by atoms with Crippen molar-refractivity contribution in [2.45, 2.75) is 78.0 Å². The third kappa shape index (κ3) is 9.32. The van der Waals surface area contributed by atoms with Crippen LogP contribution in [0, 0.1) is 11.3 Å². The van der Waals surface area contributed by atoms with E-state index in [-0.39, 0.29) is 50.7 Å². The molecule has 1 aromatic heterocycles. The largest absolute Gasteiger partial charge is 0.491 e. The van der Waals surface area contributed by atoms with Gasteiger partial charge in [0, 0.05) is 24.0 Å². The van der Waals surface area contributed by atoms with Crippen molar-refractivity contribution in [2.24, 2.45) is 0 Å². The second-order valence-electron chi connectivity index (χ2n) is 12.7. The van der Waals surface area contributed by atoms with E-state index < -0.39 is 23.3 Å². The van der Waals surface area contributed by atoms with E-state index in [0.29, 0.717) is 48.7 Å². The number of esters is 2. The summed E-state index contributed by atoms with van der Waals surface area (Å²) in [5, 5.41) is 20.1. The number of fused-ring (bicyclic) bond motifs is 2. The Bertz CT molecular complexity index is 1950. The fraction of sp³-hybridized carbons (Fsp3) is 0.400. The molecule has 1 aliphatic rings. The topological polar surface area (TPSA) is 161 Å². The van der Waals surface area contributed by atoms with Crippen molar-refractivity contribution in [3.63, 3.8) is 0 Å². The number of carboxylic acid groups (broad SMARTS) is 1. The summed E-state index contributed by atoms with van der Waals surface area (Å²) in [6.45, 7) is 9.39. The molecule has 0 spiro atoms. The number of para-hydroxylation sites is 2. The Morgan fingerprint density at radius 2 is 1.83 bits per heavy atom. The number of aliphatic carboxylic acids is 1. The van der Waals surface area contributed by atoms with Crippen molar-refractivity contribution in [1.29, 1.82) is 5.26 Å². The van der Waals surface area contributed by atoms with Gasteiger partial charge in [0.1, 0.15) is 18.9 Å². The molecular weight excluding hydrogens is 680 g/mol. The van der Waals surface area contributed by atoms with Gasteiger partial charge in [-0.05, 0) is 81.3 Å². The fourth-order valence-electron chi connectivity index (χ4n) is 6.68. The lowest BCUT2D eigenvalue weighted by molar-refractivity contribution is -0.675. The van der Waals surface area contributed by atoms with E-state index in [0.717, 1.165) is 16.9 Å². The molecule has 1 N–H and O–H groups in total. The Hall–Kier alpha value is -5.90. The van der Waals surface area contributed by atoms with Gasteiger partial charge in [0.2, 0.25) is 0 Å². The SMILES string of the molecule is CCCOC(=O)CC1(CC(=O)OC)/C(=C/C=C(C#N)\C=C\c2n(CC)c3ccccc3[n+]2CCOC=O)N(CCC(=O)O)c2ccc(OC(C)C)cc21. The van der Waals surface area contributed by atoms with Crippen LogP contribution in [-0.2, 0) is 51.9 Å². The van der Waals surface area contributed by atoms with Gasteiger partial charge in [-0.25, -0.2) is 9.13 Å². The molecule has 280 valence electrons. The highest BCUT2D eigenvalue weighted by molar-refractivity contribution is 5.85. The van der Waals surface area contributed by atoms with Crippen molar-refractivity contribution in [3.05, 3.63) is 83.4 Å². The zero-order chi connectivity index (χ0) is 38.5. The molecular formula is C40H47N4O9+. The number of ether oxygens (including phenoxy) is 4. The van der Waals surface area contributed by atoms with E-state index in [2.05, 4.69) is 10.6 Å². The maximum absolute atomic E-state index is 13.5. The molecule has 2 aromatic carbocycles. The molecule has 53 heavy (non-hydrogen) atoms. The van der Waals surface area contributed by atoms with Crippen LogP contribution in [0.1, 0.15) is 64.8 Å². The summed E-state index contributed by atoms with van der Waals surface area (Å²) in [6.07, 6.45) is 6.34. The van der Waals surface area contributed by atoms with Crippen molar-refractivity contribution >= 4 is 47.2 Å². The van der Waals surface area contributed by atoms with Gasteiger partial charge in [-0.1, -0.05) is 19.1 Å². The second kappa shape index (κ2) is 18.5. The summed E-state index contributed by atoms with van der Waals surface area (Å²) >= 11 is 0. The van der Waals surface area contributed by atoms with E-state index in [4.69, 9.17) is 18.9 Å². The summed E-state index contributed by atoms with van der Waals surface area (Å²) in [5.41, 5.74) is 2.35. The minimum atomic E-state index is -1.36. The molecule has 1 aliphatic heterocycles. The number of hydrogen-bond acceptors (Lipinski definition) is 10. The Morgan fingerprint density at radius 1 is 1.08 bits per heavy atom. The van der Waals surface area contributed by atoms with Crippen LogP contribution in [0.3, 0.4) is 0 Å². The standard InChI is InChI=1S/C40H46N4O9/c1-6-21-52-39(49)25-40(24-38(48)50-5)31-23-30(53-28(3)4)14-15-32(31)43(19-18-37(46)47)35(40)16-12-29(26-41)13-17-36-42(7-2)33-10-8-9-11-34(33)44(36)20-22-51-27-45/h8-17,23,27-28H,6-7,18-22,24-25H2,1-5H3/p+1. The average molecular weight is 728 g/mol. The lowest BCUT2D eigenvalue weighted by atomic mass is 9.73. The molecule has 2 heterocycles. The number of aryl methyl sites for hydroxylation is 1. The Kier molecular flexibility index (Phi) is 14.0. The van der Waals surface area contributed by atoms with Gasteiger partial charge in [-0.3, -0.25) is 19.2 Å². The molecule has 4 rings (SSSR count). The van der Waals surface area contributed by atoms with E-state index >= 15 is 0 Å². The molecule has 0 amide bonds. The first kappa shape index (κ1) is 39.9. The molecule has 13 nitrogen and oxygen atoms in total. The number of hydrogen-bond donors (Lipinski definition) is 1. The number of nitrogens with zero attached hydrogens (tertiary/aromatic N) is 4. The average Bonchev–Trinajstić information content (AvgIpc) is 3.57. The maximum Gasteiger partial charge on any atom is 0.307 e. The smallest absolute Gasteiger partial charge is 0.307 e. The number of carboxylic acids is 1. The molecule has 0 bridgehead atoms. The Labute approximate surface area is 309 Å². The highest BCUT2D eigenvalue weighted by Gasteiger charge is 2.50. The number of aromatic nitrogens is 2. The van der Waals surface area contributed by atoms with Crippen LogP contribution < -0.4 is 14.2 Å². The van der Waals surface area contributed by atoms with E-state index in [1.165, 1.54) is 7.11 Å². The van der Waals surface area contributed by atoms with Gasteiger partial charge in [-0.2, -0.15) is 5.26 Å². The van der Waals surface area contributed by atoms with Gasteiger partial charge < -0.3 is 29.0 Å². The number of rotatable bonds is 19. The molecule has 1 unspecified atom stereocenters. The number of nitriles is 1. The number of carbonyl (C=O) groups excluding carboxylic acids is 3. The van der Waals surface area contributed by atoms with Crippen molar-refractivity contribution in [3.8, 4) is 11.8 Å². The van der Waals surface area contributed by atoms with Crippen molar-refractivity contribution < 1.29 is 47.8 Å². The highest BCUT2D eigenvalue weighted by Crippen LogP contribution is 2.53. The van der Waals surface area contributed by atoms with Crippen LogP contribution in [0.4, 0.5) is 5.69 Å². The quantitative estimate of drug-likeness (QED) is 0.0321. The van der Waals surface area contributed by atoms with E-state index in [1.807, 2.05) is 62.6 Å². The number of methoxy groups -OCH3 is 1. The predicted molar refractivity (Wildman–Crippen MR) is 197 cm³/mol. The van der Waals surface area contributed by atoms with Gasteiger partial charge in [0.15, 0.2) is 11.0 Å². The molecule has 0 fully saturated rings. The van der Waals surface area contributed by atoms with Crippen LogP contribution >= 0.6 is 0 Å². The van der Waals surface area contributed by atoms with Crippen LogP contribution in [0.5, 0.6) is 5.75 Å². The number of allylic oxidation sites excluding steroid dienone is 5. The van der Waals surface area contributed by atoms with Crippen LogP contribution in [-0.4, -0.2) is 67.0 Å². The molecule has 0 aliphatic carbocycles. The van der Waals surface area contributed by atoms with Gasteiger partial charge >= 0.3 is 17.9 Å². The molecule has 0 saturated heterocycles. The first-order valence-corrected chi connectivity index (χ1v) is 17.6. The van der Waals surface area contributed by atoms with Crippen molar-refractivity contribution in [2.75, 3.05) is 31.8 Å². The second-order valence-corrected chi connectivity index (χ2v) is 12.7. The van der Waals surface area contributed by atoms with Crippen LogP contribution in [0.25, 0.3) is 17.1 Å². The Morgan fingerprint density at radius 3 is 2.49 bits per heavy atom. The van der Waals surface area contributed by atoms with Crippen LogP contribution in [0.15, 0.2) is 72.0 Å². The third-order valence-corrected chi connectivity index (χ3v) is 8.86. The molecule has 0 saturated carbocycles. The first-order chi connectivity index (χ1) is 25.5. The lowest BCUT2D eigenvalue weighted by Gasteiger charge is -2.32. The summed E-state index contributed by atoms with van der Waals surface area (Å²) in [6, 6.07) is 15.4. The molecule has 1 atom stereocenters. The summed E-state index contributed by atoms with van der Waals surface area (Å²) in [7, 11) is 1.26. The fourth-order valence-corrected chi connectivity index (χ4v) is 6.68. The normalized spacial score (nSPS) is 16.2. The van der Waals surface area contributed by atoms with Gasteiger partial charge in [0.05, 0.1) is 62.7 Å². The molecule has 0 radical (unpaired) electrons. The number of imidazole rings is 1. The number of carbonyl (C=O) groups is 4. The summed E-state index contributed by atoms with van der Waals surface area (Å²) in [5.74, 6) is -0.913. The predicted octanol–water partition coefficient (Wildman–Crippen LogP) is 5.40. The zero-order valence-corrected chi connectivity index (χ0v) is 30.9. The number of benzene rings is 2. The van der Waals surface area contributed by atoms with Gasteiger partial charge in [0.25, 0.3) is 12.3 Å².